The molecule has 0 bridgehead atoms. The number of aliphatic hydroxyl groups is 1. The number of amides is 1. The first-order valence-corrected chi connectivity index (χ1v) is 6.30. The van der Waals surface area contributed by atoms with Crippen LogP contribution in [0.1, 0.15) is 23.2 Å². The second-order valence-electron chi connectivity index (χ2n) is 4.51. The maximum atomic E-state index is 12.3. The van der Waals surface area contributed by atoms with E-state index in [0.717, 1.165) is 12.8 Å². The first-order chi connectivity index (χ1) is 8.61. The number of likely N-dealkylation sites (tertiary alicyclic amines) is 1. The van der Waals surface area contributed by atoms with Gasteiger partial charge in [-0.1, -0.05) is 11.6 Å². The van der Waals surface area contributed by atoms with Crippen molar-refractivity contribution in [3.63, 3.8) is 0 Å². The van der Waals surface area contributed by atoms with Gasteiger partial charge in [0.05, 0.1) is 17.4 Å². The molecule has 5 nitrogen and oxygen atoms in total. The van der Waals surface area contributed by atoms with E-state index >= 15 is 0 Å². The highest BCUT2D eigenvalue weighted by Crippen LogP contribution is 2.21. The van der Waals surface area contributed by atoms with Crippen LogP contribution in [0.3, 0.4) is 0 Å². The summed E-state index contributed by atoms with van der Waals surface area (Å²) in [4.78, 5) is 17.8. The first-order valence-electron chi connectivity index (χ1n) is 5.93. The van der Waals surface area contributed by atoms with Crippen LogP contribution in [0.4, 0.5) is 5.69 Å². The van der Waals surface area contributed by atoms with Crippen molar-refractivity contribution < 1.29 is 9.90 Å². The van der Waals surface area contributed by atoms with Gasteiger partial charge in [0.15, 0.2) is 0 Å². The van der Waals surface area contributed by atoms with Gasteiger partial charge in [-0.25, -0.2) is 4.98 Å². The van der Waals surface area contributed by atoms with Crippen molar-refractivity contribution in [3.8, 4) is 0 Å². The van der Waals surface area contributed by atoms with Crippen LogP contribution in [0, 0.1) is 5.92 Å². The number of aromatic nitrogens is 1. The fourth-order valence-electron chi connectivity index (χ4n) is 2.11. The molecular weight excluding hydrogens is 254 g/mol. The standard InChI is InChI=1S/C12H16ClN3O2/c13-11-5-9(10(14)6-15-11)12(18)16-3-1-8(7-17)2-4-16/h5-6,8,17H,1-4,7,14H2. The number of carbonyl (C=O) groups excluding carboxylic acids is 1. The lowest BCUT2D eigenvalue weighted by molar-refractivity contribution is 0.0652. The number of nitrogen functional groups attached to an aromatic ring is 1. The van der Waals surface area contributed by atoms with E-state index in [1.807, 2.05) is 0 Å². The van der Waals surface area contributed by atoms with Gasteiger partial charge in [-0.05, 0) is 24.8 Å². The molecule has 1 aliphatic rings. The third kappa shape index (κ3) is 2.73. The maximum Gasteiger partial charge on any atom is 0.256 e. The number of hydrogen-bond acceptors (Lipinski definition) is 4. The zero-order valence-electron chi connectivity index (χ0n) is 9.97. The molecule has 0 saturated carbocycles. The summed E-state index contributed by atoms with van der Waals surface area (Å²) < 4.78 is 0. The fourth-order valence-corrected chi connectivity index (χ4v) is 2.27. The second-order valence-corrected chi connectivity index (χ2v) is 4.90. The highest BCUT2D eigenvalue weighted by Gasteiger charge is 2.24. The van der Waals surface area contributed by atoms with Gasteiger partial charge in [0, 0.05) is 19.7 Å². The molecule has 2 rings (SSSR count). The molecule has 1 saturated heterocycles. The van der Waals surface area contributed by atoms with Gasteiger partial charge in [0.1, 0.15) is 5.15 Å². The molecule has 1 aromatic heterocycles. The van der Waals surface area contributed by atoms with Crippen LogP contribution in [0.2, 0.25) is 5.15 Å². The highest BCUT2D eigenvalue weighted by molar-refractivity contribution is 6.29. The Morgan fingerprint density at radius 3 is 2.83 bits per heavy atom. The molecule has 1 aromatic rings. The number of nitrogens with two attached hydrogens (primary N) is 1. The van der Waals surface area contributed by atoms with Crippen molar-refractivity contribution in [2.24, 2.45) is 5.92 Å². The summed E-state index contributed by atoms with van der Waals surface area (Å²) in [5.41, 5.74) is 6.48. The Morgan fingerprint density at radius 1 is 1.56 bits per heavy atom. The van der Waals surface area contributed by atoms with Crippen molar-refractivity contribution in [3.05, 3.63) is 23.0 Å². The molecule has 1 fully saturated rings. The Hall–Kier alpha value is -1.33. The number of hydrogen-bond donors (Lipinski definition) is 2. The van der Waals surface area contributed by atoms with Crippen molar-refractivity contribution in [1.29, 1.82) is 0 Å². The average molecular weight is 270 g/mol. The summed E-state index contributed by atoms with van der Waals surface area (Å²) >= 11 is 5.77. The summed E-state index contributed by atoms with van der Waals surface area (Å²) in [5, 5.41) is 9.33. The lowest BCUT2D eigenvalue weighted by atomic mass is 9.97. The molecule has 0 aliphatic carbocycles. The van der Waals surface area contributed by atoms with Crippen molar-refractivity contribution in [2.75, 3.05) is 25.4 Å². The zero-order valence-corrected chi connectivity index (χ0v) is 10.7. The van der Waals surface area contributed by atoms with Crippen LogP contribution in [-0.4, -0.2) is 40.6 Å². The largest absolute Gasteiger partial charge is 0.397 e. The summed E-state index contributed by atoms with van der Waals surface area (Å²) in [6.45, 7) is 1.47. The molecule has 2 heterocycles. The Balaban J connectivity index is 2.10. The number of aliphatic hydroxyl groups excluding tert-OH is 1. The molecule has 1 aliphatic heterocycles. The second kappa shape index (κ2) is 5.54. The molecule has 0 aromatic carbocycles. The zero-order chi connectivity index (χ0) is 13.1. The Kier molecular flexibility index (Phi) is 4.04. The van der Waals surface area contributed by atoms with Crippen LogP contribution >= 0.6 is 11.6 Å². The first kappa shape index (κ1) is 13.1. The van der Waals surface area contributed by atoms with E-state index in [2.05, 4.69) is 4.98 Å². The van der Waals surface area contributed by atoms with E-state index in [4.69, 9.17) is 22.4 Å². The topological polar surface area (TPSA) is 79.5 Å². The molecular formula is C12H16ClN3O2. The number of pyridine rings is 1. The van der Waals surface area contributed by atoms with Crippen LogP contribution in [0.5, 0.6) is 0 Å². The minimum atomic E-state index is -0.117. The summed E-state index contributed by atoms with van der Waals surface area (Å²) in [5.74, 6) is 0.181. The minimum absolute atomic E-state index is 0.117. The summed E-state index contributed by atoms with van der Waals surface area (Å²) in [6.07, 6.45) is 3.04. The SMILES string of the molecule is Nc1cnc(Cl)cc1C(=O)N1CCC(CO)CC1. The van der Waals surface area contributed by atoms with E-state index in [-0.39, 0.29) is 17.7 Å². The predicted molar refractivity (Wildman–Crippen MR) is 69.4 cm³/mol. The van der Waals surface area contributed by atoms with Gasteiger partial charge >= 0.3 is 0 Å². The lowest BCUT2D eigenvalue weighted by Crippen LogP contribution is -2.39. The van der Waals surface area contributed by atoms with Gasteiger partial charge in [-0.3, -0.25) is 4.79 Å². The van der Waals surface area contributed by atoms with E-state index in [0.29, 0.717) is 30.3 Å². The average Bonchev–Trinajstić information content (AvgIpc) is 2.41. The quantitative estimate of drug-likeness (QED) is 0.790. The minimum Gasteiger partial charge on any atom is -0.397 e. The highest BCUT2D eigenvalue weighted by atomic mass is 35.5. The normalized spacial score (nSPS) is 16.9. The van der Waals surface area contributed by atoms with Crippen LogP contribution in [0.25, 0.3) is 0 Å². The smallest absolute Gasteiger partial charge is 0.256 e. The third-order valence-corrected chi connectivity index (χ3v) is 3.50. The van der Waals surface area contributed by atoms with Gasteiger partial charge in [0.2, 0.25) is 0 Å². The number of halogens is 1. The Labute approximate surface area is 111 Å². The summed E-state index contributed by atoms with van der Waals surface area (Å²) in [6, 6.07) is 1.50. The molecule has 0 radical (unpaired) electrons. The molecule has 1 amide bonds. The van der Waals surface area contributed by atoms with E-state index in [9.17, 15) is 4.79 Å². The van der Waals surface area contributed by atoms with Gasteiger partial charge in [0.25, 0.3) is 5.91 Å². The number of carbonyl (C=O) groups is 1. The van der Waals surface area contributed by atoms with Crippen LogP contribution in [0.15, 0.2) is 12.3 Å². The fraction of sp³-hybridized carbons (Fsp3) is 0.500. The van der Waals surface area contributed by atoms with Crippen LogP contribution in [-0.2, 0) is 0 Å². The molecule has 0 unspecified atom stereocenters. The van der Waals surface area contributed by atoms with Crippen molar-refractivity contribution in [1.82, 2.24) is 9.88 Å². The van der Waals surface area contributed by atoms with Gasteiger partial charge < -0.3 is 15.7 Å². The number of nitrogens with zero attached hydrogens (tertiary/aromatic N) is 2. The molecule has 3 N–H and O–H groups in total. The third-order valence-electron chi connectivity index (χ3n) is 3.29. The molecule has 18 heavy (non-hydrogen) atoms. The lowest BCUT2D eigenvalue weighted by Gasteiger charge is -2.31. The van der Waals surface area contributed by atoms with E-state index in [1.165, 1.54) is 12.3 Å². The maximum absolute atomic E-state index is 12.3. The van der Waals surface area contributed by atoms with Crippen molar-refractivity contribution >= 4 is 23.2 Å². The molecule has 0 atom stereocenters. The van der Waals surface area contributed by atoms with Gasteiger partial charge in [-0.15, -0.1) is 0 Å². The monoisotopic (exact) mass is 269 g/mol. The number of piperidine rings is 1. The molecule has 0 spiro atoms. The predicted octanol–water partition coefficient (Wildman–Crippen LogP) is 1.16. The van der Waals surface area contributed by atoms with Gasteiger partial charge in [-0.2, -0.15) is 0 Å². The number of anilines is 1. The van der Waals surface area contributed by atoms with E-state index in [1.54, 1.807) is 4.90 Å². The van der Waals surface area contributed by atoms with Crippen LogP contribution < -0.4 is 5.73 Å². The summed E-state index contributed by atoms with van der Waals surface area (Å²) in [7, 11) is 0. The number of rotatable bonds is 2. The Bertz CT molecular complexity index is 445. The van der Waals surface area contributed by atoms with E-state index < -0.39 is 0 Å². The molecule has 6 heteroatoms. The molecule has 98 valence electrons. The van der Waals surface area contributed by atoms with Crippen molar-refractivity contribution in [2.45, 2.75) is 12.8 Å². The Morgan fingerprint density at radius 2 is 2.22 bits per heavy atom.